The summed E-state index contributed by atoms with van der Waals surface area (Å²) >= 11 is 0. The van der Waals surface area contributed by atoms with Crippen LogP contribution in [0.2, 0.25) is 0 Å². The van der Waals surface area contributed by atoms with E-state index in [2.05, 4.69) is 50.6 Å². The number of carboxylic acids is 4. The molecule has 0 aliphatic heterocycles. The van der Waals surface area contributed by atoms with Gasteiger partial charge in [0.2, 0.25) is 0 Å². The van der Waals surface area contributed by atoms with Crippen molar-refractivity contribution in [3.05, 3.63) is 60.7 Å². The Balaban J connectivity index is -0.0000000713. The van der Waals surface area contributed by atoms with Crippen molar-refractivity contribution < 1.29 is 137 Å². The Morgan fingerprint density at radius 2 is 0.571 bits per heavy atom. The molecule has 0 fully saturated rings. The first-order valence-electron chi connectivity index (χ1n) is 26.0. The van der Waals surface area contributed by atoms with Gasteiger partial charge in [-0.2, -0.15) is 17.2 Å². The number of rotatable bonds is 30. The van der Waals surface area contributed by atoms with E-state index in [1.165, 1.54) is 24.3 Å². The van der Waals surface area contributed by atoms with Crippen LogP contribution < -0.4 is 50.2 Å². The predicted molar refractivity (Wildman–Crippen MR) is 281 cm³/mol. The van der Waals surface area contributed by atoms with E-state index in [1.807, 2.05) is 39.8 Å². The van der Waals surface area contributed by atoms with Crippen LogP contribution in [-0.2, 0) is 86.7 Å². The van der Waals surface area contributed by atoms with Crippen LogP contribution in [0.15, 0.2) is 60.7 Å². The first-order valence-corrected chi connectivity index (χ1v) is 28.2. The van der Waals surface area contributed by atoms with E-state index in [0.717, 1.165) is 116 Å². The molecule has 424 valence electrons. The van der Waals surface area contributed by atoms with E-state index in [-0.39, 0.29) is 191 Å². The van der Waals surface area contributed by atoms with Gasteiger partial charge in [0, 0.05) is 37.1 Å². The molecule has 4 unspecified atom stereocenters. The Bertz CT molecular complexity index is 1280. The molecule has 2 aromatic carbocycles. The van der Waals surface area contributed by atoms with Crippen LogP contribution in [0, 0.1) is 23.7 Å². The van der Waals surface area contributed by atoms with Crippen LogP contribution >= 0.6 is 17.2 Å². The SMILES string of the molecule is CCCCC(CC)C(=O)[O-].CCCCC(CC)C(=O)[O-].CCCCC(CC)C(=O)[O-].CCCCC(CC)C(=O)[O-].CCCCCOP([O-])[O-].CCCCCOP([O-])[O-].[Ba+2].[Ba+2].[O-]c1ccccc1.[O-]c1ccccc1.[Zn+2].[Zn+2].[Zn+2]. The molecule has 0 heterocycles. The minimum atomic E-state index is -2.62. The minimum Gasteiger partial charge on any atom is -0.872 e. The summed E-state index contributed by atoms with van der Waals surface area (Å²) in [6, 6.07) is 16.7. The van der Waals surface area contributed by atoms with Crippen molar-refractivity contribution in [2.24, 2.45) is 23.7 Å². The van der Waals surface area contributed by atoms with Crippen LogP contribution in [0.1, 0.15) is 210 Å². The first-order chi connectivity index (χ1) is 34.2. The zero-order valence-electron chi connectivity index (χ0n) is 49.0. The van der Waals surface area contributed by atoms with Crippen molar-refractivity contribution >= 4 is 139 Å². The number of aliphatic carboxylic acids is 4. The molecule has 0 aliphatic rings. The van der Waals surface area contributed by atoms with Crippen LogP contribution in [0.4, 0.5) is 0 Å². The van der Waals surface area contributed by atoms with Gasteiger partial charge in [-0.1, -0.05) is 207 Å². The molecular formula is C54H92Ba2O16P2Zn3. The van der Waals surface area contributed by atoms with Crippen LogP contribution in [0.5, 0.6) is 11.5 Å². The monoisotopic (exact) mass is 1530 g/mol. The Kier molecular flexibility index (Phi) is 113. The predicted octanol–water partition coefficient (Wildman–Crippen LogP) is 4.84. The molecule has 16 nitrogen and oxygen atoms in total. The number of benzene rings is 2. The summed E-state index contributed by atoms with van der Waals surface area (Å²) in [4.78, 5) is 80.4. The molecule has 0 spiro atoms. The van der Waals surface area contributed by atoms with Gasteiger partial charge in [-0.15, -0.1) is 11.5 Å². The summed E-state index contributed by atoms with van der Waals surface area (Å²) in [5, 5.41) is 61.8. The molecule has 2 rings (SSSR count). The molecule has 4 atom stereocenters. The van der Waals surface area contributed by atoms with E-state index in [1.54, 1.807) is 24.3 Å². The van der Waals surface area contributed by atoms with E-state index >= 15 is 0 Å². The number of unbranched alkanes of at least 4 members (excludes halogenated alkanes) is 8. The maximum Gasteiger partial charge on any atom is 2.00 e. The third-order valence-electron chi connectivity index (χ3n) is 10.3. The first kappa shape index (κ1) is 104. The largest absolute Gasteiger partial charge is 2.00 e. The van der Waals surface area contributed by atoms with E-state index in [9.17, 15) is 69.4 Å². The maximum atomic E-state index is 10.3. The van der Waals surface area contributed by atoms with Gasteiger partial charge in [0.05, 0.1) is 0 Å². The van der Waals surface area contributed by atoms with Crippen molar-refractivity contribution in [2.75, 3.05) is 13.2 Å². The quantitative estimate of drug-likeness (QED) is 0.0574. The van der Waals surface area contributed by atoms with Crippen molar-refractivity contribution in [3.8, 4) is 11.5 Å². The van der Waals surface area contributed by atoms with Gasteiger partial charge in [-0.3, -0.25) is 0 Å². The summed E-state index contributed by atoms with van der Waals surface area (Å²) in [5.74, 6) is -4.32. The Hall–Kier alpha value is 1.55. The summed E-state index contributed by atoms with van der Waals surface area (Å²) in [6.07, 6.45) is 20.0. The van der Waals surface area contributed by atoms with E-state index < -0.39 is 41.1 Å². The number of carbonyl (C=O) groups is 4. The number of hydrogen-bond donors (Lipinski definition) is 0. The average molecular weight is 1530 g/mol. The van der Waals surface area contributed by atoms with Crippen LogP contribution in [-0.4, -0.2) is 135 Å². The molecule has 0 radical (unpaired) electrons. The standard InChI is InChI=1S/4C8H16O2.2C6H6O.2C5H11O3P.2Ba.3Zn/c4*1-3-5-6-7(4-2)8(9)10;2*7-6-4-2-1-3-5-6;2*1-2-3-4-5-8-9(6)7;;;;;/h4*7H,3-6H2,1-2H3,(H,9,10);2*1-5,7H;2*2-5H2,1H3;;;;;/q;;;;;;2*-2;5*+2/p-6. The summed E-state index contributed by atoms with van der Waals surface area (Å²) in [7, 11) is -5.23. The van der Waals surface area contributed by atoms with Gasteiger partial charge in [-0.05, 0) is 87.9 Å². The zero-order chi connectivity index (χ0) is 56.4. The van der Waals surface area contributed by atoms with Crippen molar-refractivity contribution in [2.45, 2.75) is 210 Å². The van der Waals surface area contributed by atoms with Gasteiger partial charge in [0.15, 0.2) is 0 Å². The normalized spacial score (nSPS) is 10.8. The number of hydrogen-bond acceptors (Lipinski definition) is 16. The Morgan fingerprint density at radius 3 is 0.688 bits per heavy atom. The molecule has 0 aromatic heterocycles. The van der Waals surface area contributed by atoms with Crippen molar-refractivity contribution in [3.63, 3.8) is 0 Å². The molecule has 23 heteroatoms. The molecule has 77 heavy (non-hydrogen) atoms. The van der Waals surface area contributed by atoms with Crippen LogP contribution in [0.3, 0.4) is 0 Å². The summed E-state index contributed by atoms with van der Waals surface area (Å²) in [6.45, 7) is 20.6. The summed E-state index contributed by atoms with van der Waals surface area (Å²) < 4.78 is 8.60. The smallest absolute Gasteiger partial charge is 0.872 e. The van der Waals surface area contributed by atoms with Gasteiger partial charge >= 0.3 is 156 Å². The molecule has 0 bridgehead atoms. The van der Waals surface area contributed by atoms with E-state index in [0.29, 0.717) is 38.9 Å². The van der Waals surface area contributed by atoms with Gasteiger partial charge in [0.1, 0.15) is 0 Å². The average Bonchev–Trinajstić information content (AvgIpc) is 3.34. The minimum absolute atomic E-state index is 0. The van der Waals surface area contributed by atoms with Gasteiger partial charge in [0.25, 0.3) is 0 Å². The fourth-order valence-corrected chi connectivity index (χ4v) is 6.14. The molecule has 0 N–H and O–H groups in total. The van der Waals surface area contributed by atoms with Gasteiger partial charge < -0.3 is 78.4 Å². The number of carboxylic acid groups (broad SMARTS) is 4. The maximum absolute atomic E-state index is 10.3. The van der Waals surface area contributed by atoms with Crippen molar-refractivity contribution in [1.29, 1.82) is 0 Å². The van der Waals surface area contributed by atoms with E-state index in [4.69, 9.17) is 0 Å². The number of para-hydroxylation sites is 2. The number of carbonyl (C=O) groups excluding carboxylic acids is 4. The Labute approximate surface area is 587 Å². The summed E-state index contributed by atoms with van der Waals surface area (Å²) in [5.41, 5.74) is 0. The second kappa shape index (κ2) is 84.0. The molecule has 0 saturated carbocycles. The van der Waals surface area contributed by atoms with Crippen molar-refractivity contribution in [1.82, 2.24) is 0 Å². The molecular weight excluding hydrogens is 1440 g/mol. The third kappa shape index (κ3) is 91.5. The fourth-order valence-electron chi connectivity index (χ4n) is 5.58. The Morgan fingerprint density at radius 1 is 0.377 bits per heavy atom. The topological polar surface area (TPSA) is 317 Å². The molecule has 2 aromatic rings. The van der Waals surface area contributed by atoms with Crippen LogP contribution in [0.25, 0.3) is 0 Å². The molecule has 0 amide bonds. The zero-order valence-corrected chi connectivity index (χ0v) is 68.6. The second-order valence-electron chi connectivity index (χ2n) is 16.4. The third-order valence-corrected chi connectivity index (χ3v) is 11.1. The molecule has 0 aliphatic carbocycles. The second-order valence-corrected chi connectivity index (χ2v) is 17.8. The molecule has 0 saturated heterocycles. The van der Waals surface area contributed by atoms with Gasteiger partial charge in [-0.25, -0.2) is 0 Å². The fraction of sp³-hybridized carbons (Fsp3) is 0.704.